The highest BCUT2D eigenvalue weighted by atomic mass is 19.4. The van der Waals surface area contributed by atoms with Crippen molar-refractivity contribution in [3.63, 3.8) is 0 Å². The second-order valence-electron chi connectivity index (χ2n) is 3.26. The number of halogens is 5. The Kier molecular flexibility index (Phi) is 3.92. The molecule has 0 aliphatic carbocycles. The van der Waals surface area contributed by atoms with Crippen molar-refractivity contribution in [1.82, 2.24) is 0 Å². The average molecular weight is 281 g/mol. The molecule has 19 heavy (non-hydrogen) atoms. The lowest BCUT2D eigenvalue weighted by Gasteiger charge is -2.10. The van der Waals surface area contributed by atoms with Crippen molar-refractivity contribution in [2.24, 2.45) is 27.2 Å². The molecule has 0 heterocycles. The number of benzene rings is 1. The summed E-state index contributed by atoms with van der Waals surface area (Å²) >= 11 is 0. The van der Waals surface area contributed by atoms with Gasteiger partial charge in [-0.2, -0.15) is 18.2 Å². The molecular formula is C9H8F5N5. The van der Waals surface area contributed by atoms with Gasteiger partial charge in [0.15, 0.2) is 11.8 Å². The number of nitrogens with zero attached hydrogens (tertiary/aromatic N) is 2. The second kappa shape index (κ2) is 5.08. The van der Waals surface area contributed by atoms with Crippen LogP contribution in [0.3, 0.4) is 0 Å². The lowest BCUT2D eigenvalue weighted by molar-refractivity contribution is -0.142. The van der Waals surface area contributed by atoms with Gasteiger partial charge in [-0.1, -0.05) is 0 Å². The zero-order valence-corrected chi connectivity index (χ0v) is 9.17. The Balaban J connectivity index is 3.38. The average Bonchev–Trinajstić information content (AvgIpc) is 2.19. The molecule has 0 spiro atoms. The summed E-state index contributed by atoms with van der Waals surface area (Å²) in [6.45, 7) is 0. The van der Waals surface area contributed by atoms with Gasteiger partial charge >= 0.3 is 6.18 Å². The van der Waals surface area contributed by atoms with Crippen LogP contribution in [0.5, 0.6) is 0 Å². The van der Waals surface area contributed by atoms with Gasteiger partial charge in [-0.25, -0.2) is 13.8 Å². The standard InChI is InChI=1S/C9H8F5N5/c10-3-1-2-4(18-8(17)19-7(15)16)6(11)5(3)9(12,13)14/h1-2H,(H6,15,16,17,18,19). The summed E-state index contributed by atoms with van der Waals surface area (Å²) in [5.74, 6) is -4.84. The van der Waals surface area contributed by atoms with E-state index in [-0.39, 0.29) is 0 Å². The van der Waals surface area contributed by atoms with Crippen LogP contribution >= 0.6 is 0 Å². The Morgan fingerprint density at radius 3 is 2.11 bits per heavy atom. The quantitative estimate of drug-likeness (QED) is 0.409. The maximum absolute atomic E-state index is 13.5. The molecule has 0 aliphatic rings. The molecule has 0 aromatic heterocycles. The van der Waals surface area contributed by atoms with Crippen LogP contribution in [0, 0.1) is 11.6 Å². The van der Waals surface area contributed by atoms with Crippen LogP contribution in [-0.2, 0) is 6.18 Å². The third kappa shape index (κ3) is 3.53. The van der Waals surface area contributed by atoms with E-state index in [0.29, 0.717) is 12.1 Å². The lowest BCUT2D eigenvalue weighted by Crippen LogP contribution is -2.26. The first kappa shape index (κ1) is 14.7. The monoisotopic (exact) mass is 281 g/mol. The first-order valence-corrected chi connectivity index (χ1v) is 4.62. The molecule has 0 fully saturated rings. The Labute approximate surface area is 103 Å². The fourth-order valence-corrected chi connectivity index (χ4v) is 1.17. The molecule has 0 saturated heterocycles. The third-order valence-electron chi connectivity index (χ3n) is 1.83. The lowest BCUT2D eigenvalue weighted by atomic mass is 10.1. The van der Waals surface area contributed by atoms with Crippen molar-refractivity contribution in [3.8, 4) is 0 Å². The highest BCUT2D eigenvalue weighted by Crippen LogP contribution is 2.36. The van der Waals surface area contributed by atoms with E-state index in [2.05, 4.69) is 9.98 Å². The van der Waals surface area contributed by atoms with E-state index in [9.17, 15) is 22.0 Å². The van der Waals surface area contributed by atoms with Gasteiger partial charge in [0.2, 0.25) is 5.96 Å². The molecule has 0 aliphatic heterocycles. The van der Waals surface area contributed by atoms with Gasteiger partial charge in [-0.05, 0) is 12.1 Å². The van der Waals surface area contributed by atoms with Crippen molar-refractivity contribution in [2.45, 2.75) is 6.18 Å². The zero-order valence-electron chi connectivity index (χ0n) is 9.17. The fraction of sp³-hybridized carbons (Fsp3) is 0.111. The minimum absolute atomic E-state index is 0.410. The largest absolute Gasteiger partial charge is 0.422 e. The normalized spacial score (nSPS) is 12.4. The third-order valence-corrected chi connectivity index (χ3v) is 1.83. The van der Waals surface area contributed by atoms with Crippen molar-refractivity contribution < 1.29 is 22.0 Å². The maximum atomic E-state index is 13.5. The van der Waals surface area contributed by atoms with E-state index in [4.69, 9.17) is 17.2 Å². The zero-order chi connectivity index (χ0) is 14.8. The summed E-state index contributed by atoms with van der Waals surface area (Å²) in [6, 6.07) is 1.09. The van der Waals surface area contributed by atoms with Crippen LogP contribution < -0.4 is 17.2 Å². The Bertz CT molecular complexity index is 545. The molecular weight excluding hydrogens is 273 g/mol. The molecule has 0 unspecified atom stereocenters. The van der Waals surface area contributed by atoms with Gasteiger partial charge in [-0.3, -0.25) is 0 Å². The molecule has 0 bridgehead atoms. The summed E-state index contributed by atoms with van der Waals surface area (Å²) in [6.07, 6.45) is -5.20. The molecule has 1 aromatic rings. The smallest absolute Gasteiger partial charge is 0.370 e. The number of alkyl halides is 3. The summed E-state index contributed by atoms with van der Waals surface area (Å²) in [5.41, 5.74) is 12.1. The highest BCUT2D eigenvalue weighted by molar-refractivity contribution is 5.93. The molecule has 0 radical (unpaired) electrons. The van der Waals surface area contributed by atoms with Crippen LogP contribution in [0.2, 0.25) is 0 Å². The highest BCUT2D eigenvalue weighted by Gasteiger charge is 2.38. The van der Waals surface area contributed by atoms with E-state index in [1.54, 1.807) is 0 Å². The first-order chi connectivity index (χ1) is 8.62. The predicted molar refractivity (Wildman–Crippen MR) is 58.5 cm³/mol. The van der Waals surface area contributed by atoms with Gasteiger partial charge in [-0.15, -0.1) is 0 Å². The Morgan fingerprint density at radius 1 is 1.05 bits per heavy atom. The van der Waals surface area contributed by atoms with Crippen LogP contribution in [0.25, 0.3) is 0 Å². The van der Waals surface area contributed by atoms with Crippen LogP contribution in [-0.4, -0.2) is 11.9 Å². The molecule has 1 rings (SSSR count). The van der Waals surface area contributed by atoms with Gasteiger partial charge in [0, 0.05) is 0 Å². The predicted octanol–water partition coefficient (Wildman–Crippen LogP) is 1.20. The summed E-state index contributed by atoms with van der Waals surface area (Å²) < 4.78 is 63.7. The molecule has 0 atom stereocenters. The van der Waals surface area contributed by atoms with E-state index in [1.807, 2.05) is 0 Å². The Morgan fingerprint density at radius 2 is 1.63 bits per heavy atom. The number of hydrogen-bond acceptors (Lipinski definition) is 1. The van der Waals surface area contributed by atoms with Crippen molar-refractivity contribution >= 4 is 17.6 Å². The van der Waals surface area contributed by atoms with Gasteiger partial charge < -0.3 is 17.2 Å². The minimum atomic E-state index is -5.20. The summed E-state index contributed by atoms with van der Waals surface area (Å²) in [7, 11) is 0. The SMILES string of the molecule is NC(N)=NC(N)=Nc1ccc(F)c(C(F)(F)F)c1F. The number of hydrogen-bond donors (Lipinski definition) is 3. The molecule has 6 N–H and O–H groups in total. The number of rotatable bonds is 1. The maximum Gasteiger partial charge on any atom is 0.422 e. The molecule has 10 heteroatoms. The fourth-order valence-electron chi connectivity index (χ4n) is 1.17. The number of aliphatic imine (C=N–C) groups is 2. The van der Waals surface area contributed by atoms with Gasteiger partial charge in [0.05, 0.1) is 0 Å². The number of guanidine groups is 2. The number of nitrogens with two attached hydrogens (primary N) is 3. The van der Waals surface area contributed by atoms with E-state index >= 15 is 0 Å². The van der Waals surface area contributed by atoms with Gasteiger partial charge in [0.25, 0.3) is 0 Å². The molecule has 5 nitrogen and oxygen atoms in total. The van der Waals surface area contributed by atoms with Gasteiger partial charge in [0.1, 0.15) is 17.1 Å². The second-order valence-corrected chi connectivity index (χ2v) is 3.26. The van der Waals surface area contributed by atoms with Crippen molar-refractivity contribution in [3.05, 3.63) is 29.3 Å². The molecule has 0 amide bonds. The molecule has 1 aromatic carbocycles. The molecule has 104 valence electrons. The van der Waals surface area contributed by atoms with E-state index in [1.165, 1.54) is 0 Å². The van der Waals surface area contributed by atoms with Crippen molar-refractivity contribution in [1.29, 1.82) is 0 Å². The molecule has 0 saturated carbocycles. The van der Waals surface area contributed by atoms with Crippen LogP contribution in [0.15, 0.2) is 22.1 Å². The Hall–Kier alpha value is -2.39. The summed E-state index contributed by atoms with van der Waals surface area (Å²) in [5, 5.41) is 0. The van der Waals surface area contributed by atoms with Crippen molar-refractivity contribution in [2.75, 3.05) is 0 Å². The van der Waals surface area contributed by atoms with E-state index in [0.717, 1.165) is 0 Å². The van der Waals surface area contributed by atoms with Crippen LogP contribution in [0.1, 0.15) is 5.56 Å². The topological polar surface area (TPSA) is 103 Å². The van der Waals surface area contributed by atoms with E-state index < -0.39 is 41.0 Å². The first-order valence-electron chi connectivity index (χ1n) is 4.62. The summed E-state index contributed by atoms with van der Waals surface area (Å²) in [4.78, 5) is 6.41. The van der Waals surface area contributed by atoms with Crippen LogP contribution in [0.4, 0.5) is 27.6 Å². The minimum Gasteiger partial charge on any atom is -0.370 e.